The van der Waals surface area contributed by atoms with Crippen molar-refractivity contribution in [2.75, 3.05) is 6.61 Å². The summed E-state index contributed by atoms with van der Waals surface area (Å²) in [5.74, 6) is 0.766. The first-order valence-electron chi connectivity index (χ1n) is 5.46. The molecular weight excluding hydrogens is 234 g/mol. The van der Waals surface area contributed by atoms with Crippen LogP contribution in [0.15, 0.2) is 51.7 Å². The molecule has 18 heavy (non-hydrogen) atoms. The molecule has 1 unspecified atom stereocenters. The topological polar surface area (TPSA) is 75.6 Å². The third kappa shape index (κ3) is 3.11. The van der Waals surface area contributed by atoms with Crippen LogP contribution in [-0.2, 0) is 4.79 Å². The molecule has 5 nitrogen and oxygen atoms in total. The van der Waals surface area contributed by atoms with Crippen LogP contribution in [0.3, 0.4) is 0 Å². The summed E-state index contributed by atoms with van der Waals surface area (Å²) in [5, 5.41) is 11.8. The molecule has 1 amide bonds. The molecule has 1 atom stereocenters. The molecule has 0 radical (unpaired) electrons. The molecule has 0 saturated carbocycles. The Labute approximate surface area is 104 Å². The third-order valence-electron chi connectivity index (χ3n) is 2.33. The highest BCUT2D eigenvalue weighted by Crippen LogP contribution is 2.12. The van der Waals surface area contributed by atoms with Crippen molar-refractivity contribution in [3.05, 3.63) is 54.4 Å². The first kappa shape index (κ1) is 12.2. The molecule has 2 rings (SSSR count). The molecule has 2 heterocycles. The van der Waals surface area contributed by atoms with Gasteiger partial charge in [-0.3, -0.25) is 4.79 Å². The van der Waals surface area contributed by atoms with Crippen molar-refractivity contribution in [2.45, 2.75) is 6.04 Å². The number of furan rings is 2. The maximum absolute atomic E-state index is 11.6. The van der Waals surface area contributed by atoms with Gasteiger partial charge in [-0.2, -0.15) is 0 Å². The fourth-order valence-corrected chi connectivity index (χ4v) is 1.46. The highest BCUT2D eigenvalue weighted by Gasteiger charge is 2.14. The maximum Gasteiger partial charge on any atom is 0.244 e. The molecule has 0 saturated heterocycles. The maximum atomic E-state index is 11.6. The van der Waals surface area contributed by atoms with Crippen molar-refractivity contribution in [3.63, 3.8) is 0 Å². The number of hydrogen-bond donors (Lipinski definition) is 2. The fourth-order valence-electron chi connectivity index (χ4n) is 1.46. The average molecular weight is 247 g/mol. The number of rotatable bonds is 5. The Balaban J connectivity index is 1.94. The standard InChI is InChI=1S/C13H13NO4/c15-9-11(12-4-2-8-18-12)14-13(16)6-5-10-3-1-7-17-10/h1-8,11,15H,9H2,(H,14,16)/b6-5+. The van der Waals surface area contributed by atoms with Gasteiger partial charge in [-0.1, -0.05) is 0 Å². The summed E-state index contributed by atoms with van der Waals surface area (Å²) in [5.41, 5.74) is 0. The lowest BCUT2D eigenvalue weighted by Gasteiger charge is -2.11. The Hall–Kier alpha value is -2.27. The summed E-state index contributed by atoms with van der Waals surface area (Å²) in [7, 11) is 0. The minimum atomic E-state index is -0.547. The molecule has 0 aromatic carbocycles. The second kappa shape index (κ2) is 5.88. The summed E-state index contributed by atoms with van der Waals surface area (Å²) < 4.78 is 10.2. The first-order chi connectivity index (χ1) is 8.79. The zero-order valence-corrected chi connectivity index (χ0v) is 9.58. The highest BCUT2D eigenvalue weighted by atomic mass is 16.3. The number of aliphatic hydroxyl groups is 1. The Kier molecular flexibility index (Phi) is 3.98. The third-order valence-corrected chi connectivity index (χ3v) is 2.33. The van der Waals surface area contributed by atoms with Gasteiger partial charge in [0, 0.05) is 6.08 Å². The number of carbonyl (C=O) groups excluding carboxylic acids is 1. The van der Waals surface area contributed by atoms with Crippen LogP contribution in [0.4, 0.5) is 0 Å². The predicted molar refractivity (Wildman–Crippen MR) is 64.4 cm³/mol. The molecule has 0 aliphatic rings. The van der Waals surface area contributed by atoms with Gasteiger partial charge < -0.3 is 19.3 Å². The number of aliphatic hydroxyl groups excluding tert-OH is 1. The van der Waals surface area contributed by atoms with E-state index in [0.717, 1.165) is 0 Å². The lowest BCUT2D eigenvalue weighted by atomic mass is 10.2. The van der Waals surface area contributed by atoms with Crippen molar-refractivity contribution >= 4 is 12.0 Å². The first-order valence-corrected chi connectivity index (χ1v) is 5.46. The van der Waals surface area contributed by atoms with Crippen molar-refractivity contribution in [2.24, 2.45) is 0 Å². The molecule has 0 aliphatic heterocycles. The van der Waals surface area contributed by atoms with E-state index in [1.165, 1.54) is 18.6 Å². The van der Waals surface area contributed by atoms with Gasteiger partial charge in [0.15, 0.2) is 0 Å². The van der Waals surface area contributed by atoms with Gasteiger partial charge in [-0.05, 0) is 30.3 Å². The van der Waals surface area contributed by atoms with Gasteiger partial charge >= 0.3 is 0 Å². The van der Waals surface area contributed by atoms with E-state index in [4.69, 9.17) is 8.83 Å². The van der Waals surface area contributed by atoms with E-state index in [0.29, 0.717) is 11.5 Å². The number of hydrogen-bond acceptors (Lipinski definition) is 4. The second-order valence-electron chi connectivity index (χ2n) is 3.61. The van der Waals surface area contributed by atoms with E-state index in [2.05, 4.69) is 5.32 Å². The molecule has 2 aromatic rings. The molecular formula is C13H13NO4. The van der Waals surface area contributed by atoms with E-state index in [1.54, 1.807) is 30.3 Å². The molecule has 2 N–H and O–H groups in total. The Bertz CT molecular complexity index is 499. The average Bonchev–Trinajstić information content (AvgIpc) is 3.05. The summed E-state index contributed by atoms with van der Waals surface area (Å²) in [6.07, 6.45) is 5.90. The normalized spacial score (nSPS) is 12.7. The van der Waals surface area contributed by atoms with Crippen LogP contribution in [-0.4, -0.2) is 17.6 Å². The lowest BCUT2D eigenvalue weighted by molar-refractivity contribution is -0.117. The van der Waals surface area contributed by atoms with Crippen molar-refractivity contribution < 1.29 is 18.7 Å². The number of carbonyl (C=O) groups is 1. The van der Waals surface area contributed by atoms with Crippen LogP contribution in [0.25, 0.3) is 6.08 Å². The monoisotopic (exact) mass is 247 g/mol. The van der Waals surface area contributed by atoms with Crippen LogP contribution in [0.2, 0.25) is 0 Å². The van der Waals surface area contributed by atoms with E-state index in [9.17, 15) is 9.90 Å². The largest absolute Gasteiger partial charge is 0.467 e. The number of nitrogens with one attached hydrogen (secondary N) is 1. The SMILES string of the molecule is O=C(/C=C/c1ccco1)NC(CO)c1ccco1. The Morgan fingerprint density at radius 2 is 2.11 bits per heavy atom. The molecule has 0 spiro atoms. The van der Waals surface area contributed by atoms with E-state index >= 15 is 0 Å². The summed E-state index contributed by atoms with van der Waals surface area (Å²) in [6.45, 7) is -0.228. The van der Waals surface area contributed by atoms with Gasteiger partial charge in [-0.25, -0.2) is 0 Å². The Morgan fingerprint density at radius 1 is 1.33 bits per heavy atom. The minimum Gasteiger partial charge on any atom is -0.467 e. The van der Waals surface area contributed by atoms with E-state index < -0.39 is 6.04 Å². The lowest BCUT2D eigenvalue weighted by Crippen LogP contribution is -2.28. The van der Waals surface area contributed by atoms with Crippen molar-refractivity contribution in [3.8, 4) is 0 Å². The van der Waals surface area contributed by atoms with Crippen LogP contribution in [0.1, 0.15) is 17.6 Å². The van der Waals surface area contributed by atoms with Gasteiger partial charge in [0.25, 0.3) is 0 Å². The summed E-state index contributed by atoms with van der Waals surface area (Å²) in [6, 6.07) is 6.31. The predicted octanol–water partition coefficient (Wildman–Crippen LogP) is 1.74. The van der Waals surface area contributed by atoms with Gasteiger partial charge in [-0.15, -0.1) is 0 Å². The molecule has 94 valence electrons. The summed E-state index contributed by atoms with van der Waals surface area (Å²) in [4.78, 5) is 11.6. The molecule has 0 bridgehead atoms. The van der Waals surface area contributed by atoms with Gasteiger partial charge in [0.2, 0.25) is 5.91 Å². The van der Waals surface area contributed by atoms with Crippen LogP contribution in [0.5, 0.6) is 0 Å². The van der Waals surface area contributed by atoms with Crippen molar-refractivity contribution in [1.82, 2.24) is 5.32 Å². The summed E-state index contributed by atoms with van der Waals surface area (Å²) >= 11 is 0. The van der Waals surface area contributed by atoms with Crippen LogP contribution >= 0.6 is 0 Å². The minimum absolute atomic E-state index is 0.228. The van der Waals surface area contributed by atoms with E-state index in [-0.39, 0.29) is 12.5 Å². The second-order valence-corrected chi connectivity index (χ2v) is 3.61. The zero-order valence-electron chi connectivity index (χ0n) is 9.58. The highest BCUT2D eigenvalue weighted by molar-refractivity contribution is 5.91. The van der Waals surface area contributed by atoms with Crippen molar-refractivity contribution in [1.29, 1.82) is 0 Å². The smallest absolute Gasteiger partial charge is 0.244 e. The molecule has 0 aliphatic carbocycles. The molecule has 0 fully saturated rings. The van der Waals surface area contributed by atoms with Gasteiger partial charge in [0.1, 0.15) is 17.6 Å². The number of amides is 1. The van der Waals surface area contributed by atoms with Crippen LogP contribution in [0, 0.1) is 0 Å². The zero-order chi connectivity index (χ0) is 12.8. The van der Waals surface area contributed by atoms with Crippen LogP contribution < -0.4 is 5.32 Å². The molecule has 5 heteroatoms. The molecule has 2 aromatic heterocycles. The fraction of sp³-hybridized carbons (Fsp3) is 0.154. The van der Waals surface area contributed by atoms with E-state index in [1.807, 2.05) is 0 Å². The Morgan fingerprint density at radius 3 is 2.72 bits per heavy atom. The quantitative estimate of drug-likeness (QED) is 0.789. The van der Waals surface area contributed by atoms with Gasteiger partial charge in [0.05, 0.1) is 19.1 Å².